The number of hydrogen-bond donors (Lipinski definition) is 4. The molecule has 1 saturated heterocycles. The van der Waals surface area contributed by atoms with Crippen LogP contribution < -0.4 is 21.7 Å². The van der Waals surface area contributed by atoms with Crippen LogP contribution in [0.5, 0.6) is 0 Å². The van der Waals surface area contributed by atoms with Crippen LogP contribution in [0.25, 0.3) is 0 Å². The van der Waals surface area contributed by atoms with Gasteiger partial charge in [-0.25, -0.2) is 4.79 Å². The van der Waals surface area contributed by atoms with Gasteiger partial charge in [-0.1, -0.05) is 61.3 Å². The minimum atomic E-state index is -1.11. The molecule has 0 spiro atoms. The first-order valence-corrected chi connectivity index (χ1v) is 15.0. The standard InChI is InChI=1S/C31H45N5O7/c1-15(2)21(24(38)19-9-8-12-43-19)34-29(42)35-25(30(3,4)5)28(41)36-14-17-20(31(17,6)7)22(36)27(40)33-18(13-16-10-11-16)23(37)26(32)39/h8-9,12,15-18,20-22,25H,10-11,13-14H2,1-7H3,(H2,32,39)(H,33,40)(H2,34,35,42)/t17?,18?,20-,21-,22-,25+/m0/s1. The molecule has 0 bridgehead atoms. The van der Waals surface area contributed by atoms with Gasteiger partial charge < -0.3 is 31.0 Å². The highest BCUT2D eigenvalue weighted by Gasteiger charge is 2.70. The number of rotatable bonds is 12. The molecule has 2 aliphatic carbocycles. The lowest BCUT2D eigenvalue weighted by Gasteiger charge is -2.38. The van der Waals surface area contributed by atoms with E-state index in [0.29, 0.717) is 13.0 Å². The highest BCUT2D eigenvalue weighted by atomic mass is 16.3. The number of hydrogen-bond acceptors (Lipinski definition) is 7. The maximum absolute atomic E-state index is 14.2. The number of amides is 5. The number of urea groups is 1. The monoisotopic (exact) mass is 599 g/mol. The van der Waals surface area contributed by atoms with Gasteiger partial charge in [-0.2, -0.15) is 0 Å². The Kier molecular flexibility index (Phi) is 8.82. The molecule has 12 nitrogen and oxygen atoms in total. The fourth-order valence-electron chi connectivity index (χ4n) is 6.40. The minimum Gasteiger partial charge on any atom is -0.461 e. The maximum Gasteiger partial charge on any atom is 0.316 e. The quantitative estimate of drug-likeness (QED) is 0.209. The van der Waals surface area contributed by atoms with Gasteiger partial charge in [0.2, 0.25) is 23.4 Å². The van der Waals surface area contributed by atoms with E-state index in [4.69, 9.17) is 10.2 Å². The summed E-state index contributed by atoms with van der Waals surface area (Å²) in [6.07, 6.45) is 3.53. The number of Topliss-reactive ketones (excluding diaryl/α,β-unsaturated/α-hetero) is 2. The van der Waals surface area contributed by atoms with E-state index in [1.165, 1.54) is 17.2 Å². The Morgan fingerprint density at radius 3 is 2.23 bits per heavy atom. The van der Waals surface area contributed by atoms with Crippen molar-refractivity contribution in [2.75, 3.05) is 6.54 Å². The molecule has 3 fully saturated rings. The van der Waals surface area contributed by atoms with E-state index in [2.05, 4.69) is 16.0 Å². The number of nitrogens with zero attached hydrogens (tertiary/aromatic N) is 1. The Morgan fingerprint density at radius 1 is 1.07 bits per heavy atom. The summed E-state index contributed by atoms with van der Waals surface area (Å²) in [6.45, 7) is 13.4. The van der Waals surface area contributed by atoms with Crippen molar-refractivity contribution < 1.29 is 33.2 Å². The molecule has 5 N–H and O–H groups in total. The van der Waals surface area contributed by atoms with Gasteiger partial charge >= 0.3 is 6.03 Å². The number of carbonyl (C=O) groups is 6. The summed E-state index contributed by atoms with van der Waals surface area (Å²) in [5.41, 5.74) is 4.32. The van der Waals surface area contributed by atoms with E-state index in [1.54, 1.807) is 40.7 Å². The lowest BCUT2D eigenvalue weighted by molar-refractivity contribution is -0.145. The Labute approximate surface area is 252 Å². The van der Waals surface area contributed by atoms with Crippen LogP contribution in [0, 0.1) is 34.5 Å². The molecule has 2 unspecified atom stereocenters. The molecule has 4 rings (SSSR count). The fourth-order valence-corrected chi connectivity index (χ4v) is 6.40. The van der Waals surface area contributed by atoms with Crippen LogP contribution >= 0.6 is 0 Å². The van der Waals surface area contributed by atoms with E-state index in [9.17, 15) is 28.8 Å². The van der Waals surface area contributed by atoms with Crippen molar-refractivity contribution in [3.63, 3.8) is 0 Å². The summed E-state index contributed by atoms with van der Waals surface area (Å²) in [5.74, 6) is -3.29. The normalized spacial score (nSPS) is 24.4. The summed E-state index contributed by atoms with van der Waals surface area (Å²) in [4.78, 5) is 79.9. The Morgan fingerprint density at radius 2 is 1.72 bits per heavy atom. The van der Waals surface area contributed by atoms with Crippen molar-refractivity contribution in [1.82, 2.24) is 20.9 Å². The fraction of sp³-hybridized carbons (Fsp3) is 0.677. The predicted molar refractivity (Wildman–Crippen MR) is 156 cm³/mol. The van der Waals surface area contributed by atoms with Gasteiger partial charge in [-0.05, 0) is 53.1 Å². The molecule has 0 radical (unpaired) electrons. The maximum atomic E-state index is 14.2. The molecule has 1 aromatic heterocycles. The summed E-state index contributed by atoms with van der Waals surface area (Å²) in [5, 5.41) is 8.21. The number of carbonyl (C=O) groups excluding carboxylic acids is 6. The third-order valence-electron chi connectivity index (χ3n) is 9.29. The van der Waals surface area contributed by atoms with Crippen LogP contribution in [0.1, 0.15) is 78.3 Å². The number of primary amides is 1. The lowest BCUT2D eigenvalue weighted by atomic mass is 9.85. The molecule has 1 aliphatic heterocycles. The van der Waals surface area contributed by atoms with Crippen molar-refractivity contribution in [1.29, 1.82) is 0 Å². The number of furan rings is 1. The molecule has 5 amide bonds. The van der Waals surface area contributed by atoms with Crippen molar-refractivity contribution in [2.24, 2.45) is 40.2 Å². The van der Waals surface area contributed by atoms with E-state index in [0.717, 1.165) is 12.8 Å². The lowest BCUT2D eigenvalue weighted by Crippen LogP contribution is -2.62. The van der Waals surface area contributed by atoms with Gasteiger partial charge in [0.05, 0.1) is 18.3 Å². The van der Waals surface area contributed by atoms with Crippen molar-refractivity contribution in [3.8, 4) is 0 Å². The number of nitrogens with one attached hydrogen (secondary N) is 3. The van der Waals surface area contributed by atoms with E-state index in [1.807, 2.05) is 13.8 Å². The van der Waals surface area contributed by atoms with Crippen LogP contribution in [0.15, 0.2) is 22.8 Å². The number of ketones is 2. The third kappa shape index (κ3) is 6.78. The van der Waals surface area contributed by atoms with Gasteiger partial charge in [0.1, 0.15) is 12.1 Å². The van der Waals surface area contributed by atoms with Crippen LogP contribution in [0.4, 0.5) is 4.79 Å². The minimum absolute atomic E-state index is 0.0617. The van der Waals surface area contributed by atoms with Gasteiger partial charge in [0.15, 0.2) is 5.76 Å². The largest absolute Gasteiger partial charge is 0.461 e. The predicted octanol–water partition coefficient (Wildman–Crippen LogP) is 2.02. The first kappa shape index (κ1) is 32.2. The zero-order valence-corrected chi connectivity index (χ0v) is 26.1. The Bertz CT molecular complexity index is 1280. The second-order valence-electron chi connectivity index (χ2n) is 14.3. The molecule has 2 saturated carbocycles. The molecule has 3 aliphatic rings. The Balaban J connectivity index is 1.53. The van der Waals surface area contributed by atoms with Gasteiger partial charge in [0.25, 0.3) is 5.91 Å². The summed E-state index contributed by atoms with van der Waals surface area (Å²) >= 11 is 0. The molecule has 1 aromatic rings. The number of likely N-dealkylation sites (tertiary alicyclic amines) is 1. The molecule has 2 heterocycles. The molecule has 6 atom stereocenters. The molecule has 43 heavy (non-hydrogen) atoms. The molecule has 0 aromatic carbocycles. The Hall–Kier alpha value is -3.70. The zero-order chi connectivity index (χ0) is 32.0. The van der Waals surface area contributed by atoms with Crippen LogP contribution in [-0.2, 0) is 19.2 Å². The average molecular weight is 600 g/mol. The number of fused-ring (bicyclic) bond motifs is 1. The molecular formula is C31H45N5O7. The second-order valence-corrected chi connectivity index (χ2v) is 14.3. The van der Waals surface area contributed by atoms with Crippen molar-refractivity contribution in [3.05, 3.63) is 24.2 Å². The number of nitrogens with two attached hydrogens (primary N) is 1. The molecule has 12 heteroatoms. The van der Waals surface area contributed by atoms with Crippen molar-refractivity contribution in [2.45, 2.75) is 91.9 Å². The summed E-state index contributed by atoms with van der Waals surface area (Å²) in [6, 6.07) is -1.45. The SMILES string of the molecule is CC(C)[C@H](NC(=O)N[C@H](C(=O)N1CC2[C@@H]([C@H]1C(=O)NC(CC1CC1)C(=O)C(N)=O)C2(C)C)C(C)(C)C)C(=O)c1ccco1. The average Bonchev–Trinajstić information content (AvgIpc) is 3.60. The van der Waals surface area contributed by atoms with Gasteiger partial charge in [-0.3, -0.25) is 24.0 Å². The highest BCUT2D eigenvalue weighted by molar-refractivity contribution is 6.37. The molecular weight excluding hydrogens is 554 g/mol. The van der Waals surface area contributed by atoms with Crippen LogP contribution in [0.3, 0.4) is 0 Å². The summed E-state index contributed by atoms with van der Waals surface area (Å²) in [7, 11) is 0. The van der Waals surface area contributed by atoms with Crippen LogP contribution in [0.2, 0.25) is 0 Å². The topological polar surface area (TPSA) is 181 Å². The second kappa shape index (κ2) is 11.8. The zero-order valence-electron chi connectivity index (χ0n) is 26.1. The number of piperidine rings is 1. The third-order valence-corrected chi connectivity index (χ3v) is 9.29. The molecule has 236 valence electrons. The summed E-state index contributed by atoms with van der Waals surface area (Å²) < 4.78 is 5.23. The first-order valence-electron chi connectivity index (χ1n) is 15.0. The van der Waals surface area contributed by atoms with E-state index >= 15 is 0 Å². The van der Waals surface area contributed by atoms with E-state index < -0.39 is 64.9 Å². The van der Waals surface area contributed by atoms with Crippen molar-refractivity contribution >= 4 is 35.3 Å². The van der Waals surface area contributed by atoms with Crippen LogP contribution in [-0.4, -0.2) is 70.9 Å². The smallest absolute Gasteiger partial charge is 0.316 e. The van der Waals surface area contributed by atoms with Gasteiger partial charge in [-0.15, -0.1) is 0 Å². The highest BCUT2D eigenvalue weighted by Crippen LogP contribution is 2.65. The van der Waals surface area contributed by atoms with E-state index in [-0.39, 0.29) is 34.8 Å². The van der Waals surface area contributed by atoms with Gasteiger partial charge in [0, 0.05) is 6.54 Å². The first-order chi connectivity index (χ1) is 19.9.